The number of nitrogens with one attached hydrogen (secondary N) is 1. The molecule has 1 aromatic carbocycles. The Labute approximate surface area is 162 Å². The molecule has 146 valence electrons. The van der Waals surface area contributed by atoms with Crippen molar-refractivity contribution in [2.45, 2.75) is 49.8 Å². The summed E-state index contributed by atoms with van der Waals surface area (Å²) in [6.45, 7) is 1.07. The highest BCUT2D eigenvalue weighted by molar-refractivity contribution is 7.99. The van der Waals surface area contributed by atoms with Gasteiger partial charge in [-0.2, -0.15) is 0 Å². The second-order valence-electron chi connectivity index (χ2n) is 6.92. The Morgan fingerprint density at radius 2 is 1.92 bits per heavy atom. The maximum atomic E-state index is 12.2. The molecule has 7 heteroatoms. The Morgan fingerprint density at radius 3 is 2.58 bits per heavy atom. The Kier molecular flexibility index (Phi) is 8.28. The van der Waals surface area contributed by atoms with Crippen molar-refractivity contribution in [3.8, 4) is 0 Å². The average molecular weight is 399 g/mol. The van der Waals surface area contributed by atoms with E-state index in [9.17, 15) is 13.2 Å². The molecule has 1 aliphatic carbocycles. The van der Waals surface area contributed by atoms with Gasteiger partial charge in [0.05, 0.1) is 11.9 Å². The zero-order valence-electron chi connectivity index (χ0n) is 15.7. The predicted molar refractivity (Wildman–Crippen MR) is 109 cm³/mol. The maximum absolute atomic E-state index is 12.2. The van der Waals surface area contributed by atoms with Crippen LogP contribution in [0.25, 0.3) is 0 Å². The third-order valence-corrected chi connectivity index (χ3v) is 6.80. The summed E-state index contributed by atoms with van der Waals surface area (Å²) in [4.78, 5) is 13.0. The van der Waals surface area contributed by atoms with E-state index < -0.39 is 10.0 Å². The zero-order chi connectivity index (χ0) is 19.0. The van der Waals surface area contributed by atoms with Gasteiger partial charge in [0.1, 0.15) is 0 Å². The molecule has 26 heavy (non-hydrogen) atoms. The summed E-state index contributed by atoms with van der Waals surface area (Å²) in [7, 11) is -3.39. The van der Waals surface area contributed by atoms with E-state index in [-0.39, 0.29) is 5.91 Å². The van der Waals surface area contributed by atoms with Crippen molar-refractivity contribution >= 4 is 33.4 Å². The van der Waals surface area contributed by atoms with E-state index in [1.165, 1.54) is 54.4 Å². The minimum atomic E-state index is -3.39. The monoisotopic (exact) mass is 398 g/mol. The lowest BCUT2D eigenvalue weighted by Gasteiger charge is -2.24. The topological polar surface area (TPSA) is 66.5 Å². The minimum Gasteiger partial charge on any atom is -0.356 e. The summed E-state index contributed by atoms with van der Waals surface area (Å²) in [5.41, 5.74) is 0.685. The van der Waals surface area contributed by atoms with E-state index in [0.29, 0.717) is 31.0 Å². The lowest BCUT2D eigenvalue weighted by Crippen LogP contribution is -2.33. The fourth-order valence-electron chi connectivity index (χ4n) is 3.42. The first kappa shape index (κ1) is 21.1. The second-order valence-corrected chi connectivity index (χ2v) is 9.67. The number of carbonyl (C=O) groups is 1. The Bertz CT molecular complexity index is 686. The standard InChI is InChI=1S/C19H30N2O3S2/c1-25-18-12-7-6-11-17(18)21(26(2,23)24)14-8-13-19(22)20-15-16-9-4-3-5-10-16/h6-7,11-12,16H,3-5,8-10,13-15H2,1-2H3,(H,20,22). The maximum Gasteiger partial charge on any atom is 0.232 e. The number of nitrogens with zero attached hydrogens (tertiary/aromatic N) is 1. The molecule has 0 saturated heterocycles. The lowest BCUT2D eigenvalue weighted by atomic mass is 9.89. The fourth-order valence-corrected chi connectivity index (χ4v) is 5.06. The molecule has 1 aliphatic rings. The smallest absolute Gasteiger partial charge is 0.232 e. The molecular formula is C19H30N2O3S2. The normalized spacial score (nSPS) is 15.6. The molecule has 2 rings (SSSR count). The van der Waals surface area contributed by atoms with Crippen molar-refractivity contribution in [2.75, 3.05) is 29.9 Å². The van der Waals surface area contributed by atoms with Crippen LogP contribution in [-0.4, -0.2) is 39.9 Å². The molecule has 1 aromatic rings. The zero-order valence-corrected chi connectivity index (χ0v) is 17.4. The lowest BCUT2D eigenvalue weighted by molar-refractivity contribution is -0.121. The number of hydrogen-bond donors (Lipinski definition) is 1. The Hall–Kier alpha value is -1.21. The SMILES string of the molecule is CSc1ccccc1N(CCCC(=O)NCC1CCCCC1)S(C)(=O)=O. The molecule has 0 bridgehead atoms. The van der Waals surface area contributed by atoms with E-state index in [0.717, 1.165) is 11.4 Å². The van der Waals surface area contributed by atoms with Crippen molar-refractivity contribution in [2.24, 2.45) is 5.92 Å². The first-order valence-electron chi connectivity index (χ1n) is 9.29. The van der Waals surface area contributed by atoms with Crippen LogP contribution in [0.4, 0.5) is 5.69 Å². The highest BCUT2D eigenvalue weighted by Gasteiger charge is 2.20. The van der Waals surface area contributed by atoms with E-state index >= 15 is 0 Å². The van der Waals surface area contributed by atoms with Gasteiger partial charge in [-0.1, -0.05) is 31.4 Å². The van der Waals surface area contributed by atoms with Gasteiger partial charge in [0.15, 0.2) is 0 Å². The van der Waals surface area contributed by atoms with E-state index in [1.807, 2.05) is 30.5 Å². The van der Waals surface area contributed by atoms with Gasteiger partial charge in [-0.05, 0) is 43.6 Å². The first-order chi connectivity index (χ1) is 12.4. The molecule has 0 spiro atoms. The molecule has 1 saturated carbocycles. The third-order valence-electron chi connectivity index (χ3n) is 4.83. The molecule has 1 N–H and O–H groups in total. The molecule has 0 aromatic heterocycles. The van der Waals surface area contributed by atoms with Crippen LogP contribution < -0.4 is 9.62 Å². The van der Waals surface area contributed by atoms with Crippen molar-refractivity contribution in [3.05, 3.63) is 24.3 Å². The molecule has 0 atom stereocenters. The van der Waals surface area contributed by atoms with E-state index in [2.05, 4.69) is 5.32 Å². The van der Waals surface area contributed by atoms with Gasteiger partial charge >= 0.3 is 0 Å². The number of carbonyl (C=O) groups excluding carboxylic acids is 1. The van der Waals surface area contributed by atoms with Gasteiger partial charge in [0.25, 0.3) is 0 Å². The van der Waals surface area contributed by atoms with Gasteiger partial charge in [-0.25, -0.2) is 8.42 Å². The van der Waals surface area contributed by atoms with Gasteiger partial charge in [-0.3, -0.25) is 9.10 Å². The van der Waals surface area contributed by atoms with Gasteiger partial charge < -0.3 is 5.32 Å². The minimum absolute atomic E-state index is 0.0159. The summed E-state index contributed by atoms with van der Waals surface area (Å²) in [5.74, 6) is 0.621. The summed E-state index contributed by atoms with van der Waals surface area (Å²) < 4.78 is 25.9. The van der Waals surface area contributed by atoms with Gasteiger partial charge in [0.2, 0.25) is 15.9 Å². The number of amides is 1. The van der Waals surface area contributed by atoms with Gasteiger partial charge in [-0.15, -0.1) is 11.8 Å². The summed E-state index contributed by atoms with van der Waals surface area (Å²) in [6, 6.07) is 7.46. The van der Waals surface area contributed by atoms with Crippen LogP contribution in [0.15, 0.2) is 29.2 Å². The van der Waals surface area contributed by atoms with Crippen LogP contribution in [0.5, 0.6) is 0 Å². The number of benzene rings is 1. The number of rotatable bonds is 9. The van der Waals surface area contributed by atoms with Crippen molar-refractivity contribution in [3.63, 3.8) is 0 Å². The van der Waals surface area contributed by atoms with E-state index in [1.54, 1.807) is 0 Å². The molecule has 5 nitrogen and oxygen atoms in total. The fraction of sp³-hybridized carbons (Fsp3) is 0.632. The predicted octanol–water partition coefficient (Wildman–Crippen LogP) is 3.65. The number of thioether (sulfide) groups is 1. The number of para-hydroxylation sites is 1. The van der Waals surface area contributed by atoms with Crippen LogP contribution in [-0.2, 0) is 14.8 Å². The summed E-state index contributed by atoms with van der Waals surface area (Å²) >= 11 is 1.52. The third kappa shape index (κ3) is 6.50. The van der Waals surface area contributed by atoms with Crippen LogP contribution in [0.3, 0.4) is 0 Å². The van der Waals surface area contributed by atoms with Crippen LogP contribution in [0, 0.1) is 5.92 Å². The van der Waals surface area contributed by atoms with Crippen LogP contribution in [0.2, 0.25) is 0 Å². The van der Waals surface area contributed by atoms with Crippen molar-refractivity contribution < 1.29 is 13.2 Å². The molecule has 1 amide bonds. The first-order valence-corrected chi connectivity index (χ1v) is 12.4. The highest BCUT2D eigenvalue weighted by Crippen LogP contribution is 2.30. The quantitative estimate of drug-likeness (QED) is 0.645. The second kappa shape index (κ2) is 10.2. The molecule has 1 fully saturated rings. The van der Waals surface area contributed by atoms with E-state index in [4.69, 9.17) is 0 Å². The number of anilines is 1. The molecule has 0 aliphatic heterocycles. The molecule has 0 radical (unpaired) electrons. The number of hydrogen-bond acceptors (Lipinski definition) is 4. The molecule has 0 unspecified atom stereocenters. The summed E-state index contributed by atoms with van der Waals surface area (Å²) in [6.07, 6.45) is 10.2. The Morgan fingerprint density at radius 1 is 1.23 bits per heavy atom. The average Bonchev–Trinajstić information content (AvgIpc) is 2.63. The highest BCUT2D eigenvalue weighted by atomic mass is 32.2. The largest absolute Gasteiger partial charge is 0.356 e. The van der Waals surface area contributed by atoms with Crippen molar-refractivity contribution in [1.82, 2.24) is 5.32 Å². The van der Waals surface area contributed by atoms with Crippen LogP contribution >= 0.6 is 11.8 Å². The molecule has 0 heterocycles. The number of sulfonamides is 1. The van der Waals surface area contributed by atoms with Crippen LogP contribution in [0.1, 0.15) is 44.9 Å². The summed E-state index contributed by atoms with van der Waals surface area (Å²) in [5, 5.41) is 3.02. The van der Waals surface area contributed by atoms with Crippen molar-refractivity contribution in [1.29, 1.82) is 0 Å². The Balaban J connectivity index is 1.86. The molecular weight excluding hydrogens is 368 g/mol. The van der Waals surface area contributed by atoms with Gasteiger partial charge in [0, 0.05) is 24.4 Å².